The quantitative estimate of drug-likeness (QED) is 0.541. The van der Waals surface area contributed by atoms with Crippen LogP contribution in [0, 0.1) is 23.0 Å². The lowest BCUT2D eigenvalue weighted by Gasteiger charge is -2.30. The summed E-state index contributed by atoms with van der Waals surface area (Å²) in [5, 5.41) is 15.5. The van der Waals surface area contributed by atoms with Gasteiger partial charge >= 0.3 is 17.8 Å². The maximum absolute atomic E-state index is 12.7. The van der Waals surface area contributed by atoms with Crippen molar-refractivity contribution in [2.75, 3.05) is 13.2 Å². The molecule has 0 N–H and O–H groups in total. The Bertz CT molecular complexity index is 313. The first kappa shape index (κ1) is 15.2. The smallest absolute Gasteiger partial charge is 0.379 e. The highest BCUT2D eigenvalue weighted by atomic mass is 19.3. The van der Waals surface area contributed by atoms with Gasteiger partial charge in [-0.3, -0.25) is 0 Å². The summed E-state index contributed by atoms with van der Waals surface area (Å²) in [6.45, 7) is -4.42. The van der Waals surface area contributed by atoms with Crippen LogP contribution >= 0.6 is 0 Å². The molecular formula is C7H4F6N2O2. The van der Waals surface area contributed by atoms with Crippen LogP contribution in [0.25, 0.3) is 0 Å². The molecule has 0 bridgehead atoms. The molecule has 0 saturated carbocycles. The molecule has 17 heavy (non-hydrogen) atoms. The number of hydrogen-bond acceptors (Lipinski definition) is 4. The zero-order chi connectivity index (χ0) is 13.7. The number of rotatable bonds is 6. The van der Waals surface area contributed by atoms with E-state index in [1.54, 1.807) is 0 Å². The minimum Gasteiger partial charge on any atom is -0.421 e. The molecule has 0 aliphatic carbocycles. The highest BCUT2D eigenvalue weighted by Crippen LogP contribution is 2.45. The van der Waals surface area contributed by atoms with Crippen LogP contribution in [0.4, 0.5) is 26.3 Å². The molecule has 0 aromatic heterocycles. The van der Waals surface area contributed by atoms with Gasteiger partial charge < -0.3 is 9.47 Å². The van der Waals surface area contributed by atoms with E-state index >= 15 is 0 Å². The lowest BCUT2D eigenvalue weighted by molar-refractivity contribution is -0.322. The summed E-state index contributed by atoms with van der Waals surface area (Å²) in [5.41, 5.74) is 0. The average Bonchev–Trinajstić information content (AvgIpc) is 2.23. The number of alkyl halides is 6. The lowest BCUT2D eigenvalue weighted by atomic mass is 10.1. The van der Waals surface area contributed by atoms with Gasteiger partial charge in [-0.05, 0) is 0 Å². The molecule has 0 radical (unpaired) electrons. The summed E-state index contributed by atoms with van der Waals surface area (Å²) in [4.78, 5) is 0. The number of halogens is 6. The van der Waals surface area contributed by atoms with E-state index in [0.29, 0.717) is 12.5 Å². The Balaban J connectivity index is 4.97. The van der Waals surface area contributed by atoms with Crippen LogP contribution in [0.5, 0.6) is 0 Å². The van der Waals surface area contributed by atoms with Gasteiger partial charge in [0.25, 0.3) is 12.5 Å². The van der Waals surface area contributed by atoms with Gasteiger partial charge in [-0.2, -0.15) is 36.9 Å². The van der Waals surface area contributed by atoms with Crippen molar-refractivity contribution in [1.29, 1.82) is 10.5 Å². The molecule has 0 atom stereocenters. The van der Waals surface area contributed by atoms with Crippen LogP contribution in [-0.2, 0) is 9.47 Å². The Hall–Kier alpha value is -1.84. The monoisotopic (exact) mass is 262 g/mol. The Morgan fingerprint density at radius 2 is 1.06 bits per heavy atom. The average molecular weight is 262 g/mol. The van der Waals surface area contributed by atoms with Crippen molar-refractivity contribution in [3.8, 4) is 12.5 Å². The number of nitriles is 2. The molecule has 0 fully saturated rings. The van der Waals surface area contributed by atoms with Gasteiger partial charge in [0, 0.05) is 0 Å². The zero-order valence-electron chi connectivity index (χ0n) is 7.89. The van der Waals surface area contributed by atoms with Crippen molar-refractivity contribution in [2.45, 2.75) is 17.8 Å². The van der Waals surface area contributed by atoms with Crippen LogP contribution in [-0.4, -0.2) is 31.0 Å². The minimum absolute atomic E-state index is 0.649. The molecule has 4 nitrogen and oxygen atoms in total. The fourth-order valence-corrected chi connectivity index (χ4v) is 0.695. The van der Waals surface area contributed by atoms with E-state index in [4.69, 9.17) is 10.5 Å². The van der Waals surface area contributed by atoms with Crippen LogP contribution in [0.2, 0.25) is 0 Å². The van der Waals surface area contributed by atoms with Gasteiger partial charge in [0.15, 0.2) is 13.2 Å². The molecule has 0 aromatic rings. The van der Waals surface area contributed by atoms with E-state index in [1.165, 1.54) is 0 Å². The first-order valence-corrected chi connectivity index (χ1v) is 3.77. The molecule has 0 unspecified atom stereocenters. The maximum Gasteiger partial charge on any atom is 0.379 e. The van der Waals surface area contributed by atoms with Crippen LogP contribution in [0.3, 0.4) is 0 Å². The molecule has 10 heteroatoms. The summed E-state index contributed by atoms with van der Waals surface area (Å²) in [7, 11) is 0. The number of ether oxygens (including phenoxy) is 2. The fourth-order valence-electron chi connectivity index (χ4n) is 0.695. The van der Waals surface area contributed by atoms with E-state index in [2.05, 4.69) is 9.47 Å². The molecule has 0 rings (SSSR count). The van der Waals surface area contributed by atoms with E-state index in [9.17, 15) is 26.3 Å². The first-order chi connectivity index (χ1) is 7.62. The standard InChI is InChI=1S/C7H4F6N2O2/c8-5(9,1-16-3-14)7(12,13)6(10,11)2-17-4-15/h1-2H2. The molecule has 0 aliphatic heterocycles. The van der Waals surface area contributed by atoms with Gasteiger partial charge in [0.1, 0.15) is 0 Å². The van der Waals surface area contributed by atoms with Gasteiger partial charge in [-0.15, -0.1) is 0 Å². The zero-order valence-corrected chi connectivity index (χ0v) is 7.89. The Morgan fingerprint density at radius 1 is 0.765 bits per heavy atom. The Kier molecular flexibility index (Phi) is 4.45. The molecule has 0 saturated heterocycles. The predicted octanol–water partition coefficient (Wildman–Crippen LogP) is 1.89. The first-order valence-electron chi connectivity index (χ1n) is 3.77. The topological polar surface area (TPSA) is 66.0 Å². The Labute approximate surface area is 90.9 Å². The molecule has 0 amide bonds. The molecular weight excluding hydrogens is 258 g/mol. The minimum atomic E-state index is -5.83. The highest BCUT2D eigenvalue weighted by molar-refractivity contribution is 4.97. The highest BCUT2D eigenvalue weighted by Gasteiger charge is 2.72. The molecule has 0 spiro atoms. The Morgan fingerprint density at radius 3 is 1.29 bits per heavy atom. The summed E-state index contributed by atoms with van der Waals surface area (Å²) in [5.74, 6) is -16.4. The van der Waals surface area contributed by atoms with Crippen molar-refractivity contribution in [3.63, 3.8) is 0 Å². The number of hydrogen-bond donors (Lipinski definition) is 0. The van der Waals surface area contributed by atoms with Gasteiger partial charge in [0.05, 0.1) is 0 Å². The normalized spacial score (nSPS) is 12.5. The van der Waals surface area contributed by atoms with Crippen LogP contribution in [0.1, 0.15) is 0 Å². The predicted molar refractivity (Wildman–Crippen MR) is 38.0 cm³/mol. The third-order valence-corrected chi connectivity index (χ3v) is 1.55. The van der Waals surface area contributed by atoms with Crippen molar-refractivity contribution in [1.82, 2.24) is 0 Å². The fraction of sp³-hybridized carbons (Fsp3) is 0.714. The van der Waals surface area contributed by atoms with Crippen molar-refractivity contribution < 1.29 is 35.8 Å². The van der Waals surface area contributed by atoms with E-state index in [-0.39, 0.29) is 0 Å². The van der Waals surface area contributed by atoms with E-state index < -0.39 is 31.0 Å². The van der Waals surface area contributed by atoms with Crippen molar-refractivity contribution in [2.24, 2.45) is 0 Å². The second-order valence-corrected chi connectivity index (χ2v) is 2.74. The molecule has 0 aromatic carbocycles. The van der Waals surface area contributed by atoms with Gasteiger partial charge in [-0.1, -0.05) is 0 Å². The SMILES string of the molecule is N#COCC(F)(F)C(F)(F)C(F)(F)COC#N. The summed E-state index contributed by atoms with van der Waals surface area (Å²) in [6.07, 6.45) is 1.30. The third-order valence-electron chi connectivity index (χ3n) is 1.55. The molecule has 0 aliphatic rings. The summed E-state index contributed by atoms with van der Waals surface area (Å²) in [6, 6.07) is 0. The molecule has 96 valence electrons. The van der Waals surface area contributed by atoms with Gasteiger partial charge in [0.2, 0.25) is 0 Å². The van der Waals surface area contributed by atoms with Gasteiger partial charge in [-0.25, -0.2) is 0 Å². The largest absolute Gasteiger partial charge is 0.421 e. The maximum atomic E-state index is 12.7. The number of nitrogens with zero attached hydrogens (tertiary/aromatic N) is 2. The van der Waals surface area contributed by atoms with E-state index in [0.717, 1.165) is 0 Å². The summed E-state index contributed by atoms with van der Waals surface area (Å²) < 4.78 is 82.8. The van der Waals surface area contributed by atoms with E-state index in [1.807, 2.05) is 0 Å². The van der Waals surface area contributed by atoms with Crippen molar-refractivity contribution in [3.05, 3.63) is 0 Å². The van der Waals surface area contributed by atoms with Crippen LogP contribution in [0.15, 0.2) is 0 Å². The second kappa shape index (κ2) is 4.99. The lowest BCUT2D eigenvalue weighted by Crippen LogP contribution is -2.57. The third kappa shape index (κ3) is 3.06. The molecule has 0 heterocycles. The van der Waals surface area contributed by atoms with Crippen molar-refractivity contribution >= 4 is 0 Å². The summed E-state index contributed by atoms with van der Waals surface area (Å²) >= 11 is 0. The second-order valence-electron chi connectivity index (χ2n) is 2.74. The van der Waals surface area contributed by atoms with Crippen LogP contribution < -0.4 is 0 Å².